The number of nitrogens with one attached hydrogen (secondary N) is 2. The zero-order chi connectivity index (χ0) is 14.4. The Morgan fingerprint density at radius 2 is 2.25 bits per heavy atom. The van der Waals surface area contributed by atoms with E-state index >= 15 is 0 Å². The Kier molecular flexibility index (Phi) is 5.72. The maximum atomic E-state index is 11.7. The summed E-state index contributed by atoms with van der Waals surface area (Å²) in [7, 11) is 0. The van der Waals surface area contributed by atoms with Crippen molar-refractivity contribution in [3.63, 3.8) is 0 Å². The van der Waals surface area contributed by atoms with Gasteiger partial charge in [0.2, 0.25) is 5.91 Å². The van der Waals surface area contributed by atoms with Gasteiger partial charge in [0, 0.05) is 16.7 Å². The van der Waals surface area contributed by atoms with E-state index in [9.17, 15) is 9.90 Å². The molecule has 0 aliphatic heterocycles. The molecule has 1 aromatic heterocycles. The van der Waals surface area contributed by atoms with E-state index in [0.717, 1.165) is 15.7 Å². The molecule has 0 saturated heterocycles. The van der Waals surface area contributed by atoms with Crippen LogP contribution in [0.5, 0.6) is 0 Å². The van der Waals surface area contributed by atoms with Crippen LogP contribution in [0.25, 0.3) is 0 Å². The highest BCUT2D eigenvalue weighted by Gasteiger charge is 2.08. The van der Waals surface area contributed by atoms with Gasteiger partial charge in [-0.1, -0.05) is 22.0 Å². The quantitative estimate of drug-likeness (QED) is 0.747. The van der Waals surface area contributed by atoms with Crippen LogP contribution < -0.4 is 10.6 Å². The van der Waals surface area contributed by atoms with Crippen molar-refractivity contribution in [2.45, 2.75) is 6.10 Å². The standard InChI is InChI=1S/C14H15BrN2O2S/c15-11-2-1-3-12(6-11)17-14(19)8-16-7-13(18)10-4-5-20-9-10/h1-6,9,13,16,18H,7-8H2,(H,17,19). The van der Waals surface area contributed by atoms with Gasteiger partial charge >= 0.3 is 0 Å². The number of hydrogen-bond donors (Lipinski definition) is 3. The second-order valence-corrected chi connectivity index (χ2v) is 5.96. The summed E-state index contributed by atoms with van der Waals surface area (Å²) in [5, 5.41) is 19.4. The van der Waals surface area contributed by atoms with E-state index < -0.39 is 6.10 Å². The van der Waals surface area contributed by atoms with Crippen LogP contribution in [0.2, 0.25) is 0 Å². The van der Waals surface area contributed by atoms with Crippen LogP contribution in [0.4, 0.5) is 5.69 Å². The largest absolute Gasteiger partial charge is 0.387 e. The Hall–Kier alpha value is -1.21. The number of anilines is 1. The summed E-state index contributed by atoms with van der Waals surface area (Å²) in [5.41, 5.74) is 1.61. The van der Waals surface area contributed by atoms with Gasteiger partial charge in [-0.3, -0.25) is 4.79 Å². The second-order valence-electron chi connectivity index (χ2n) is 4.26. The fourth-order valence-corrected chi connectivity index (χ4v) is 2.78. The van der Waals surface area contributed by atoms with Gasteiger partial charge in [-0.05, 0) is 40.6 Å². The van der Waals surface area contributed by atoms with Crippen LogP contribution in [0.1, 0.15) is 11.7 Å². The van der Waals surface area contributed by atoms with Gasteiger partial charge in [0.15, 0.2) is 0 Å². The van der Waals surface area contributed by atoms with Gasteiger partial charge in [-0.25, -0.2) is 0 Å². The van der Waals surface area contributed by atoms with Gasteiger partial charge < -0.3 is 15.7 Å². The minimum absolute atomic E-state index is 0.138. The van der Waals surface area contributed by atoms with Crippen molar-refractivity contribution in [2.75, 3.05) is 18.4 Å². The summed E-state index contributed by atoms with van der Waals surface area (Å²) in [6.07, 6.45) is -0.583. The molecule has 106 valence electrons. The molecule has 0 aliphatic rings. The lowest BCUT2D eigenvalue weighted by Gasteiger charge is -2.10. The van der Waals surface area contributed by atoms with Crippen LogP contribution in [-0.4, -0.2) is 24.1 Å². The predicted octanol–water partition coefficient (Wildman–Crippen LogP) is 2.77. The number of halogens is 1. The first-order chi connectivity index (χ1) is 9.65. The summed E-state index contributed by atoms with van der Waals surface area (Å²) in [6.45, 7) is 0.510. The number of benzene rings is 1. The zero-order valence-corrected chi connectivity index (χ0v) is 13.1. The SMILES string of the molecule is O=C(CNCC(O)c1ccsc1)Nc1cccc(Br)c1. The molecule has 0 fully saturated rings. The van der Waals surface area contributed by atoms with Crippen LogP contribution in [0.15, 0.2) is 45.6 Å². The van der Waals surface area contributed by atoms with Crippen LogP contribution in [-0.2, 0) is 4.79 Å². The molecule has 2 aromatic rings. The molecule has 0 saturated carbocycles. The number of carbonyl (C=O) groups excluding carboxylic acids is 1. The van der Waals surface area contributed by atoms with Gasteiger partial charge in [0.1, 0.15) is 0 Å². The average Bonchev–Trinajstić information content (AvgIpc) is 2.92. The summed E-state index contributed by atoms with van der Waals surface area (Å²) in [5.74, 6) is -0.138. The fourth-order valence-electron chi connectivity index (χ4n) is 1.68. The van der Waals surface area contributed by atoms with Crippen molar-refractivity contribution >= 4 is 38.9 Å². The minimum Gasteiger partial charge on any atom is -0.387 e. The highest BCUT2D eigenvalue weighted by atomic mass is 79.9. The number of rotatable bonds is 6. The zero-order valence-electron chi connectivity index (χ0n) is 10.7. The Bertz CT molecular complexity index is 560. The lowest BCUT2D eigenvalue weighted by atomic mass is 10.2. The molecule has 4 nitrogen and oxygen atoms in total. The van der Waals surface area contributed by atoms with E-state index in [1.807, 2.05) is 41.1 Å². The summed E-state index contributed by atoms with van der Waals surface area (Å²) in [6, 6.07) is 9.28. The number of carbonyl (C=O) groups is 1. The Morgan fingerprint density at radius 3 is 2.95 bits per heavy atom. The number of hydrogen-bond acceptors (Lipinski definition) is 4. The second kappa shape index (κ2) is 7.54. The Labute approximate surface area is 130 Å². The highest BCUT2D eigenvalue weighted by Crippen LogP contribution is 2.16. The third-order valence-electron chi connectivity index (χ3n) is 2.66. The van der Waals surface area contributed by atoms with Gasteiger partial charge in [0.05, 0.1) is 12.6 Å². The number of aliphatic hydroxyl groups is 1. The molecule has 1 aromatic carbocycles. The van der Waals surface area contributed by atoms with Crippen molar-refractivity contribution in [2.24, 2.45) is 0 Å². The molecule has 0 spiro atoms. The number of thiophene rings is 1. The molecule has 1 amide bonds. The topological polar surface area (TPSA) is 61.4 Å². The van der Waals surface area contributed by atoms with E-state index in [-0.39, 0.29) is 12.5 Å². The maximum absolute atomic E-state index is 11.7. The first-order valence-electron chi connectivity index (χ1n) is 6.11. The lowest BCUT2D eigenvalue weighted by molar-refractivity contribution is -0.115. The van der Waals surface area contributed by atoms with E-state index in [1.54, 1.807) is 0 Å². The van der Waals surface area contributed by atoms with Gasteiger partial charge in [-0.2, -0.15) is 11.3 Å². The summed E-state index contributed by atoms with van der Waals surface area (Å²) >= 11 is 4.89. The van der Waals surface area contributed by atoms with Crippen LogP contribution in [0.3, 0.4) is 0 Å². The predicted molar refractivity (Wildman–Crippen MR) is 84.9 cm³/mol. The molecule has 1 heterocycles. The van der Waals surface area contributed by atoms with Crippen molar-refractivity contribution in [3.8, 4) is 0 Å². The smallest absolute Gasteiger partial charge is 0.238 e. The molecular weight excluding hydrogens is 340 g/mol. The molecule has 1 atom stereocenters. The molecule has 6 heteroatoms. The first-order valence-corrected chi connectivity index (χ1v) is 7.85. The van der Waals surface area contributed by atoms with Crippen molar-refractivity contribution in [3.05, 3.63) is 51.1 Å². The molecule has 2 rings (SSSR count). The van der Waals surface area contributed by atoms with Gasteiger partial charge in [0.25, 0.3) is 0 Å². The summed E-state index contributed by atoms with van der Waals surface area (Å²) in [4.78, 5) is 11.7. The Balaban J connectivity index is 1.73. The number of aliphatic hydroxyl groups excluding tert-OH is 1. The number of amides is 1. The lowest BCUT2D eigenvalue weighted by Crippen LogP contribution is -2.31. The molecule has 20 heavy (non-hydrogen) atoms. The third kappa shape index (κ3) is 4.72. The first kappa shape index (κ1) is 15.2. The van der Waals surface area contributed by atoms with E-state index in [0.29, 0.717) is 6.54 Å². The molecular formula is C14H15BrN2O2S. The highest BCUT2D eigenvalue weighted by molar-refractivity contribution is 9.10. The van der Waals surface area contributed by atoms with Crippen molar-refractivity contribution < 1.29 is 9.90 Å². The molecule has 0 aliphatic carbocycles. The normalized spacial score (nSPS) is 12.1. The van der Waals surface area contributed by atoms with Crippen LogP contribution in [0, 0.1) is 0 Å². The average molecular weight is 355 g/mol. The Morgan fingerprint density at radius 1 is 1.40 bits per heavy atom. The van der Waals surface area contributed by atoms with E-state index in [2.05, 4.69) is 26.6 Å². The van der Waals surface area contributed by atoms with E-state index in [1.165, 1.54) is 11.3 Å². The summed E-state index contributed by atoms with van der Waals surface area (Å²) < 4.78 is 0.913. The van der Waals surface area contributed by atoms with Crippen molar-refractivity contribution in [1.82, 2.24) is 5.32 Å². The maximum Gasteiger partial charge on any atom is 0.238 e. The van der Waals surface area contributed by atoms with E-state index in [4.69, 9.17) is 0 Å². The van der Waals surface area contributed by atoms with Gasteiger partial charge in [-0.15, -0.1) is 0 Å². The minimum atomic E-state index is -0.583. The molecule has 0 bridgehead atoms. The fraction of sp³-hybridized carbons (Fsp3) is 0.214. The van der Waals surface area contributed by atoms with Crippen LogP contribution >= 0.6 is 27.3 Å². The third-order valence-corrected chi connectivity index (χ3v) is 3.85. The molecule has 0 radical (unpaired) electrons. The molecule has 1 unspecified atom stereocenters. The van der Waals surface area contributed by atoms with Crippen molar-refractivity contribution in [1.29, 1.82) is 0 Å². The monoisotopic (exact) mass is 354 g/mol. The molecule has 3 N–H and O–H groups in total.